The highest BCUT2D eigenvalue weighted by molar-refractivity contribution is 6.24. The number of hydrogen-bond donors (Lipinski definition) is 0. The molecule has 0 saturated heterocycles. The Morgan fingerprint density at radius 2 is 0.818 bits per heavy atom. The summed E-state index contributed by atoms with van der Waals surface area (Å²) >= 11 is 0. The van der Waals surface area contributed by atoms with Gasteiger partial charge in [0.1, 0.15) is 11.2 Å². The molecule has 12 rings (SSSR count). The zero-order chi connectivity index (χ0) is 36.0. The van der Waals surface area contributed by atoms with Gasteiger partial charge in [-0.1, -0.05) is 140 Å². The predicted molar refractivity (Wildman–Crippen MR) is 228 cm³/mol. The highest BCUT2D eigenvalue weighted by Gasteiger charge is 2.26. The Balaban J connectivity index is 1.31. The largest absolute Gasteiger partial charge is 0.307 e. The minimum atomic E-state index is 0.634. The number of nitrogens with zero attached hydrogens (tertiary/aromatic N) is 5. The number of para-hydroxylation sites is 4. The summed E-state index contributed by atoms with van der Waals surface area (Å²) in [4.78, 5) is 11.3. The maximum atomic E-state index is 5.67. The lowest BCUT2D eigenvalue weighted by molar-refractivity contribution is 1.01. The van der Waals surface area contributed by atoms with Gasteiger partial charge in [-0.05, 0) is 59.3 Å². The van der Waals surface area contributed by atoms with Crippen molar-refractivity contribution in [3.05, 3.63) is 188 Å². The van der Waals surface area contributed by atoms with Gasteiger partial charge in [-0.25, -0.2) is 9.97 Å². The number of aromatic nitrogens is 5. The van der Waals surface area contributed by atoms with E-state index in [0.29, 0.717) is 5.95 Å². The standard InChI is InChI=1S/C50H31N5/c1-4-16-32(17-5-1)45-49-46(41-30-33-18-10-11-19-34(33)31-44(41)54(49)36-22-8-3-9-23-36)52-50(51-45)55-43-27-15-13-25-38(43)40-29-28-39-37-24-12-14-26-42(37)53(47(39)48(40)55)35-20-6-2-7-21-35/h1-31H. The average Bonchev–Trinajstić information content (AvgIpc) is 3.89. The molecule has 4 heterocycles. The first kappa shape index (κ1) is 30.0. The third-order valence-corrected chi connectivity index (χ3v) is 11.2. The van der Waals surface area contributed by atoms with E-state index in [1.54, 1.807) is 0 Å². The summed E-state index contributed by atoms with van der Waals surface area (Å²) in [6.45, 7) is 0. The maximum absolute atomic E-state index is 5.67. The monoisotopic (exact) mass is 701 g/mol. The minimum absolute atomic E-state index is 0.634. The Morgan fingerprint density at radius 1 is 0.327 bits per heavy atom. The second kappa shape index (κ2) is 11.5. The summed E-state index contributed by atoms with van der Waals surface area (Å²) in [5.41, 5.74) is 11.5. The van der Waals surface area contributed by atoms with Crippen LogP contribution in [-0.2, 0) is 0 Å². The SMILES string of the molecule is c1ccc(-c2nc(-n3c4ccccc4c4ccc5c6ccccc6n(-c6ccccc6)c5c43)nc3c4cc5ccccc5cc4n(-c4ccccc4)c23)cc1. The molecule has 0 bridgehead atoms. The number of benzene rings is 8. The second-order valence-electron chi connectivity index (χ2n) is 14.2. The van der Waals surface area contributed by atoms with Crippen molar-refractivity contribution in [2.24, 2.45) is 0 Å². The van der Waals surface area contributed by atoms with Gasteiger partial charge in [-0.3, -0.25) is 4.57 Å². The molecule has 0 aliphatic carbocycles. The van der Waals surface area contributed by atoms with Crippen LogP contribution in [0, 0.1) is 0 Å². The summed E-state index contributed by atoms with van der Waals surface area (Å²) in [5.74, 6) is 0.634. The average molecular weight is 702 g/mol. The molecule has 4 aromatic heterocycles. The highest BCUT2D eigenvalue weighted by Crippen LogP contribution is 2.43. The van der Waals surface area contributed by atoms with E-state index < -0.39 is 0 Å². The molecule has 0 atom stereocenters. The summed E-state index contributed by atoms with van der Waals surface area (Å²) in [5, 5.41) is 8.16. The fourth-order valence-electron chi connectivity index (χ4n) is 8.86. The van der Waals surface area contributed by atoms with Gasteiger partial charge in [0.25, 0.3) is 0 Å². The van der Waals surface area contributed by atoms with Gasteiger partial charge in [0.05, 0.1) is 33.1 Å². The smallest absolute Gasteiger partial charge is 0.236 e. The lowest BCUT2D eigenvalue weighted by Gasteiger charge is -2.14. The molecule has 12 aromatic rings. The fraction of sp³-hybridized carbons (Fsp3) is 0. The van der Waals surface area contributed by atoms with E-state index in [4.69, 9.17) is 9.97 Å². The van der Waals surface area contributed by atoms with Crippen LogP contribution in [0.1, 0.15) is 0 Å². The molecule has 256 valence electrons. The zero-order valence-electron chi connectivity index (χ0n) is 29.6. The summed E-state index contributed by atoms with van der Waals surface area (Å²) in [6, 6.07) is 67.0. The van der Waals surface area contributed by atoms with Gasteiger partial charge in [0.15, 0.2) is 0 Å². The molecule has 0 fully saturated rings. The highest BCUT2D eigenvalue weighted by atomic mass is 15.2. The van der Waals surface area contributed by atoms with Gasteiger partial charge in [0.2, 0.25) is 5.95 Å². The van der Waals surface area contributed by atoms with Gasteiger partial charge >= 0.3 is 0 Å². The summed E-state index contributed by atoms with van der Waals surface area (Å²) in [6.07, 6.45) is 0. The van der Waals surface area contributed by atoms with Crippen LogP contribution in [0.4, 0.5) is 0 Å². The van der Waals surface area contributed by atoms with Crippen molar-refractivity contribution in [3.8, 4) is 28.6 Å². The van der Waals surface area contributed by atoms with E-state index >= 15 is 0 Å². The lowest BCUT2D eigenvalue weighted by Crippen LogP contribution is -2.05. The number of hydrogen-bond acceptors (Lipinski definition) is 2. The molecule has 5 nitrogen and oxygen atoms in total. The first-order valence-electron chi connectivity index (χ1n) is 18.7. The van der Waals surface area contributed by atoms with Crippen LogP contribution in [0.25, 0.3) is 105 Å². The van der Waals surface area contributed by atoms with Crippen LogP contribution in [0.15, 0.2) is 188 Å². The fourth-order valence-corrected chi connectivity index (χ4v) is 8.86. The van der Waals surface area contributed by atoms with Crippen molar-refractivity contribution >= 4 is 76.3 Å². The molecule has 0 radical (unpaired) electrons. The normalized spacial score (nSPS) is 12.0. The molecule has 0 saturated carbocycles. The molecular formula is C50H31N5. The summed E-state index contributed by atoms with van der Waals surface area (Å²) in [7, 11) is 0. The Hall–Kier alpha value is -7.50. The van der Waals surface area contributed by atoms with Crippen LogP contribution in [0.5, 0.6) is 0 Å². The van der Waals surface area contributed by atoms with Crippen molar-refractivity contribution < 1.29 is 0 Å². The van der Waals surface area contributed by atoms with Crippen molar-refractivity contribution in [2.45, 2.75) is 0 Å². The van der Waals surface area contributed by atoms with Crippen molar-refractivity contribution in [2.75, 3.05) is 0 Å². The number of rotatable bonds is 4. The Morgan fingerprint density at radius 3 is 1.45 bits per heavy atom. The van der Waals surface area contributed by atoms with Gasteiger partial charge in [-0.15, -0.1) is 0 Å². The minimum Gasteiger partial charge on any atom is -0.307 e. The van der Waals surface area contributed by atoms with E-state index in [-0.39, 0.29) is 0 Å². The Kier molecular flexibility index (Phi) is 6.27. The predicted octanol–water partition coefficient (Wildman–Crippen LogP) is 12.6. The Bertz CT molecular complexity index is 3470. The van der Waals surface area contributed by atoms with Crippen molar-refractivity contribution in [3.63, 3.8) is 0 Å². The molecule has 0 spiro atoms. The van der Waals surface area contributed by atoms with E-state index in [2.05, 4.69) is 202 Å². The van der Waals surface area contributed by atoms with Crippen LogP contribution in [0.2, 0.25) is 0 Å². The molecule has 0 aliphatic heterocycles. The van der Waals surface area contributed by atoms with Crippen molar-refractivity contribution in [1.29, 1.82) is 0 Å². The third kappa shape index (κ3) is 4.29. The van der Waals surface area contributed by atoms with E-state index in [1.807, 2.05) is 0 Å². The lowest BCUT2D eigenvalue weighted by atomic mass is 10.1. The molecule has 8 aromatic carbocycles. The maximum Gasteiger partial charge on any atom is 0.236 e. The van der Waals surface area contributed by atoms with Crippen LogP contribution >= 0.6 is 0 Å². The van der Waals surface area contributed by atoms with Gasteiger partial charge in [0, 0.05) is 43.9 Å². The van der Waals surface area contributed by atoms with E-state index in [9.17, 15) is 0 Å². The van der Waals surface area contributed by atoms with E-state index in [0.717, 1.165) is 77.4 Å². The molecule has 5 heteroatoms. The topological polar surface area (TPSA) is 40.6 Å². The zero-order valence-corrected chi connectivity index (χ0v) is 29.6. The van der Waals surface area contributed by atoms with E-state index in [1.165, 1.54) is 21.5 Å². The number of fused-ring (bicyclic) bond motifs is 11. The van der Waals surface area contributed by atoms with Gasteiger partial charge in [-0.2, -0.15) is 0 Å². The molecule has 0 unspecified atom stereocenters. The molecular weight excluding hydrogens is 671 g/mol. The molecule has 0 aliphatic rings. The second-order valence-corrected chi connectivity index (χ2v) is 14.2. The molecule has 0 N–H and O–H groups in total. The summed E-state index contributed by atoms with van der Waals surface area (Å²) < 4.78 is 7.07. The molecule has 55 heavy (non-hydrogen) atoms. The molecule has 0 amide bonds. The van der Waals surface area contributed by atoms with Crippen LogP contribution < -0.4 is 0 Å². The third-order valence-electron chi connectivity index (χ3n) is 11.2. The van der Waals surface area contributed by atoms with Crippen molar-refractivity contribution in [1.82, 2.24) is 23.7 Å². The van der Waals surface area contributed by atoms with Crippen LogP contribution in [-0.4, -0.2) is 23.7 Å². The quantitative estimate of drug-likeness (QED) is 0.183. The first-order valence-corrected chi connectivity index (χ1v) is 18.7. The Labute approximate surface area is 315 Å². The van der Waals surface area contributed by atoms with Crippen LogP contribution in [0.3, 0.4) is 0 Å². The van der Waals surface area contributed by atoms with Gasteiger partial charge < -0.3 is 9.13 Å². The first-order chi connectivity index (χ1) is 27.3.